The highest BCUT2D eigenvalue weighted by molar-refractivity contribution is 9.10. The van der Waals surface area contributed by atoms with Crippen LogP contribution >= 0.6 is 15.9 Å². The molecule has 142 valence electrons. The topological polar surface area (TPSA) is 70.2 Å². The normalized spacial score (nSPS) is 10.2. The summed E-state index contributed by atoms with van der Waals surface area (Å²) >= 11 is 3.35. The summed E-state index contributed by atoms with van der Waals surface area (Å²) in [6, 6.07) is 19.9. The standard InChI is InChI=1S/C21H17BrFN3O2/c22-17-6-2-4-8-19(17)26-20(27)13-24-21(28)16-5-1-3-7-18(16)25-15-11-9-14(23)10-12-15/h1-12,25H,13H2,(H,24,28)(H,26,27). The number of para-hydroxylation sites is 2. The Morgan fingerprint density at radius 2 is 1.50 bits per heavy atom. The number of carbonyl (C=O) groups is 2. The Labute approximate surface area is 170 Å². The van der Waals surface area contributed by atoms with Crippen LogP contribution in [0.3, 0.4) is 0 Å². The van der Waals surface area contributed by atoms with Crippen molar-refractivity contribution >= 4 is 44.8 Å². The predicted octanol–water partition coefficient (Wildman–Crippen LogP) is 4.70. The lowest BCUT2D eigenvalue weighted by Crippen LogP contribution is -2.33. The van der Waals surface area contributed by atoms with Gasteiger partial charge in [0.25, 0.3) is 5.91 Å². The zero-order valence-corrected chi connectivity index (χ0v) is 16.3. The van der Waals surface area contributed by atoms with Crippen molar-refractivity contribution in [3.63, 3.8) is 0 Å². The molecule has 3 rings (SSSR count). The van der Waals surface area contributed by atoms with E-state index in [9.17, 15) is 14.0 Å². The summed E-state index contributed by atoms with van der Waals surface area (Å²) in [7, 11) is 0. The average molecular weight is 442 g/mol. The molecule has 0 spiro atoms. The molecule has 0 fully saturated rings. The molecule has 0 atom stereocenters. The van der Waals surface area contributed by atoms with Crippen LogP contribution in [0.25, 0.3) is 0 Å². The lowest BCUT2D eigenvalue weighted by molar-refractivity contribution is -0.115. The Morgan fingerprint density at radius 3 is 2.21 bits per heavy atom. The molecule has 0 aliphatic heterocycles. The number of carbonyl (C=O) groups excluding carboxylic acids is 2. The zero-order chi connectivity index (χ0) is 19.9. The van der Waals surface area contributed by atoms with Gasteiger partial charge in [-0.15, -0.1) is 0 Å². The molecule has 5 nitrogen and oxygen atoms in total. The van der Waals surface area contributed by atoms with Crippen LogP contribution in [0, 0.1) is 5.82 Å². The Hall–Kier alpha value is -3.19. The zero-order valence-electron chi connectivity index (χ0n) is 14.7. The molecule has 0 heterocycles. The molecule has 0 aliphatic carbocycles. The lowest BCUT2D eigenvalue weighted by Gasteiger charge is -2.13. The smallest absolute Gasteiger partial charge is 0.253 e. The molecule has 0 radical (unpaired) electrons. The quantitative estimate of drug-likeness (QED) is 0.519. The maximum absolute atomic E-state index is 13.1. The van der Waals surface area contributed by atoms with Gasteiger partial charge in [-0.1, -0.05) is 24.3 Å². The molecule has 0 aliphatic rings. The third-order valence-corrected chi connectivity index (χ3v) is 4.54. The largest absolute Gasteiger partial charge is 0.355 e. The van der Waals surface area contributed by atoms with Crippen molar-refractivity contribution in [1.29, 1.82) is 0 Å². The minimum Gasteiger partial charge on any atom is -0.355 e. The van der Waals surface area contributed by atoms with Gasteiger partial charge in [0, 0.05) is 10.2 Å². The molecule has 3 aromatic rings. The van der Waals surface area contributed by atoms with E-state index in [2.05, 4.69) is 31.9 Å². The van der Waals surface area contributed by atoms with Crippen molar-refractivity contribution < 1.29 is 14.0 Å². The highest BCUT2D eigenvalue weighted by Crippen LogP contribution is 2.22. The van der Waals surface area contributed by atoms with Gasteiger partial charge in [-0.25, -0.2) is 4.39 Å². The van der Waals surface area contributed by atoms with Crippen molar-refractivity contribution in [3.05, 3.63) is 88.6 Å². The second kappa shape index (κ2) is 9.14. The third-order valence-electron chi connectivity index (χ3n) is 3.85. The molecular weight excluding hydrogens is 425 g/mol. The van der Waals surface area contributed by atoms with E-state index in [4.69, 9.17) is 0 Å². The first-order valence-corrected chi connectivity index (χ1v) is 9.26. The van der Waals surface area contributed by atoms with E-state index in [-0.39, 0.29) is 18.3 Å². The van der Waals surface area contributed by atoms with E-state index < -0.39 is 5.91 Å². The van der Waals surface area contributed by atoms with Crippen LogP contribution < -0.4 is 16.0 Å². The summed E-state index contributed by atoms with van der Waals surface area (Å²) in [6.07, 6.45) is 0. The SMILES string of the molecule is O=C(CNC(=O)c1ccccc1Nc1ccc(F)cc1)Nc1ccccc1Br. The molecule has 3 N–H and O–H groups in total. The molecule has 7 heteroatoms. The van der Waals surface area contributed by atoms with E-state index in [0.717, 1.165) is 4.47 Å². The molecule has 0 aromatic heterocycles. The first-order valence-electron chi connectivity index (χ1n) is 8.47. The minimum atomic E-state index is -0.396. The maximum atomic E-state index is 13.1. The highest BCUT2D eigenvalue weighted by Gasteiger charge is 2.13. The van der Waals surface area contributed by atoms with Crippen molar-refractivity contribution in [2.24, 2.45) is 0 Å². The van der Waals surface area contributed by atoms with Gasteiger partial charge in [0.2, 0.25) is 5.91 Å². The van der Waals surface area contributed by atoms with Gasteiger partial charge in [0.05, 0.1) is 23.5 Å². The number of benzene rings is 3. The van der Waals surface area contributed by atoms with E-state index in [1.807, 2.05) is 12.1 Å². The Kier molecular flexibility index (Phi) is 6.39. The highest BCUT2D eigenvalue weighted by atomic mass is 79.9. The number of nitrogens with one attached hydrogen (secondary N) is 3. The van der Waals surface area contributed by atoms with Crippen LogP contribution in [0.2, 0.25) is 0 Å². The van der Waals surface area contributed by atoms with E-state index >= 15 is 0 Å². The molecule has 2 amide bonds. The fourth-order valence-electron chi connectivity index (χ4n) is 2.49. The van der Waals surface area contributed by atoms with E-state index in [1.165, 1.54) is 12.1 Å². The Morgan fingerprint density at radius 1 is 0.857 bits per heavy atom. The molecule has 0 saturated heterocycles. The van der Waals surface area contributed by atoms with Gasteiger partial charge in [-0.2, -0.15) is 0 Å². The van der Waals surface area contributed by atoms with Crippen LogP contribution in [0.15, 0.2) is 77.3 Å². The van der Waals surface area contributed by atoms with Crippen LogP contribution in [0.1, 0.15) is 10.4 Å². The first-order chi connectivity index (χ1) is 13.5. The number of rotatable bonds is 6. The molecule has 0 bridgehead atoms. The van der Waals surface area contributed by atoms with Crippen LogP contribution in [-0.2, 0) is 4.79 Å². The van der Waals surface area contributed by atoms with Crippen LogP contribution in [-0.4, -0.2) is 18.4 Å². The van der Waals surface area contributed by atoms with Gasteiger partial charge >= 0.3 is 0 Å². The fourth-order valence-corrected chi connectivity index (χ4v) is 2.88. The summed E-state index contributed by atoms with van der Waals surface area (Å²) in [5, 5.41) is 8.41. The second-order valence-corrected chi connectivity index (χ2v) is 6.74. The number of hydrogen-bond acceptors (Lipinski definition) is 3. The van der Waals surface area contributed by atoms with Gasteiger partial charge in [-0.3, -0.25) is 9.59 Å². The molecule has 3 aromatic carbocycles. The lowest BCUT2D eigenvalue weighted by atomic mass is 10.1. The molecular formula is C21H17BrFN3O2. The van der Waals surface area contributed by atoms with Crippen molar-refractivity contribution in [3.8, 4) is 0 Å². The first kappa shape index (κ1) is 19.6. The number of anilines is 3. The number of hydrogen-bond donors (Lipinski definition) is 3. The summed E-state index contributed by atoms with van der Waals surface area (Å²) < 4.78 is 13.8. The van der Waals surface area contributed by atoms with E-state index in [0.29, 0.717) is 22.6 Å². The number of halogens is 2. The maximum Gasteiger partial charge on any atom is 0.253 e. The summed E-state index contributed by atoms with van der Waals surface area (Å²) in [4.78, 5) is 24.6. The van der Waals surface area contributed by atoms with Crippen molar-refractivity contribution in [2.75, 3.05) is 17.2 Å². The molecule has 0 saturated carbocycles. The van der Waals surface area contributed by atoms with Gasteiger partial charge in [0.1, 0.15) is 5.82 Å². The summed E-state index contributed by atoms with van der Waals surface area (Å²) in [5.74, 6) is -1.08. The van der Waals surface area contributed by atoms with Gasteiger partial charge in [0.15, 0.2) is 0 Å². The summed E-state index contributed by atoms with van der Waals surface area (Å²) in [5.41, 5.74) is 2.20. The van der Waals surface area contributed by atoms with Crippen molar-refractivity contribution in [1.82, 2.24) is 5.32 Å². The van der Waals surface area contributed by atoms with Crippen LogP contribution in [0.4, 0.5) is 21.5 Å². The van der Waals surface area contributed by atoms with Gasteiger partial charge in [-0.05, 0) is 64.5 Å². The second-order valence-electron chi connectivity index (χ2n) is 5.89. The average Bonchev–Trinajstić information content (AvgIpc) is 2.70. The molecule has 28 heavy (non-hydrogen) atoms. The predicted molar refractivity (Wildman–Crippen MR) is 111 cm³/mol. The minimum absolute atomic E-state index is 0.176. The van der Waals surface area contributed by atoms with Gasteiger partial charge < -0.3 is 16.0 Å². The van der Waals surface area contributed by atoms with Crippen LogP contribution in [0.5, 0.6) is 0 Å². The Balaban J connectivity index is 1.63. The van der Waals surface area contributed by atoms with E-state index in [1.54, 1.807) is 48.5 Å². The van der Waals surface area contributed by atoms with Crippen molar-refractivity contribution in [2.45, 2.75) is 0 Å². The third kappa shape index (κ3) is 5.17. The molecule has 0 unspecified atom stereocenters. The monoisotopic (exact) mass is 441 g/mol. The number of amides is 2. The Bertz CT molecular complexity index is 993. The fraction of sp³-hybridized carbons (Fsp3) is 0.0476. The summed E-state index contributed by atoms with van der Waals surface area (Å²) in [6.45, 7) is -0.176.